The zero-order valence-electron chi connectivity index (χ0n) is 18.3. The van der Waals surface area contributed by atoms with Crippen LogP contribution in [0.15, 0.2) is 48.7 Å². The lowest BCUT2D eigenvalue weighted by molar-refractivity contribution is 0.355. The van der Waals surface area contributed by atoms with Crippen LogP contribution in [0, 0.1) is 6.92 Å². The van der Waals surface area contributed by atoms with Crippen molar-refractivity contribution in [3.05, 3.63) is 65.6 Å². The molecule has 0 aliphatic carbocycles. The number of hydrogen-bond donors (Lipinski definition) is 1. The van der Waals surface area contributed by atoms with Gasteiger partial charge in [-0.3, -0.25) is 4.98 Å². The molecule has 0 saturated carbocycles. The van der Waals surface area contributed by atoms with E-state index in [0.717, 1.165) is 59.1 Å². The Morgan fingerprint density at radius 1 is 1.03 bits per heavy atom. The van der Waals surface area contributed by atoms with Gasteiger partial charge in [0.15, 0.2) is 17.1 Å². The number of aromatic nitrogens is 4. The minimum Gasteiger partial charge on any atom is -0.493 e. The summed E-state index contributed by atoms with van der Waals surface area (Å²) in [5.41, 5.74) is 5.80. The van der Waals surface area contributed by atoms with E-state index in [9.17, 15) is 0 Å². The highest BCUT2D eigenvalue weighted by atomic mass is 16.5. The fourth-order valence-corrected chi connectivity index (χ4v) is 3.75. The van der Waals surface area contributed by atoms with Crippen molar-refractivity contribution in [2.75, 3.05) is 26.1 Å². The average Bonchev–Trinajstić information content (AvgIpc) is 3.23. The van der Waals surface area contributed by atoms with Crippen LogP contribution in [0.3, 0.4) is 0 Å². The van der Waals surface area contributed by atoms with Gasteiger partial charge in [0.2, 0.25) is 0 Å². The molecule has 0 atom stereocenters. The fraction of sp³-hybridized carbons (Fsp3) is 0.292. The van der Waals surface area contributed by atoms with Crippen LogP contribution in [0.5, 0.6) is 11.5 Å². The number of rotatable bonds is 8. The predicted molar refractivity (Wildman–Crippen MR) is 122 cm³/mol. The van der Waals surface area contributed by atoms with E-state index >= 15 is 0 Å². The van der Waals surface area contributed by atoms with E-state index in [2.05, 4.69) is 17.2 Å². The van der Waals surface area contributed by atoms with Gasteiger partial charge >= 0.3 is 0 Å². The Kier molecular flexibility index (Phi) is 6.02. The summed E-state index contributed by atoms with van der Waals surface area (Å²) in [6.45, 7) is 4.94. The number of ether oxygens (including phenoxy) is 2. The number of nitrogens with one attached hydrogen (secondary N) is 1. The van der Waals surface area contributed by atoms with E-state index in [4.69, 9.17) is 19.6 Å². The standard InChI is InChI=1S/C24H27N5O2/c1-5-19-16(2)27-23-15-20(17-9-10-21(30-3)22(14-17)31-4)28-29(23)24(19)26-13-11-18-8-6-7-12-25-18/h6-10,12,14-15,26H,5,11,13H2,1-4H3. The number of nitrogens with zero attached hydrogens (tertiary/aromatic N) is 4. The molecule has 7 nitrogen and oxygen atoms in total. The van der Waals surface area contributed by atoms with Crippen LogP contribution in [0.25, 0.3) is 16.9 Å². The second-order valence-corrected chi connectivity index (χ2v) is 7.25. The smallest absolute Gasteiger partial charge is 0.161 e. The summed E-state index contributed by atoms with van der Waals surface area (Å²) in [4.78, 5) is 9.20. The molecule has 7 heteroatoms. The van der Waals surface area contributed by atoms with Crippen molar-refractivity contribution < 1.29 is 9.47 Å². The van der Waals surface area contributed by atoms with Gasteiger partial charge in [0, 0.05) is 47.7 Å². The topological polar surface area (TPSA) is 73.6 Å². The van der Waals surface area contributed by atoms with Crippen molar-refractivity contribution in [3.8, 4) is 22.8 Å². The number of anilines is 1. The average molecular weight is 418 g/mol. The number of benzene rings is 1. The molecule has 3 heterocycles. The lowest BCUT2D eigenvalue weighted by Gasteiger charge is -2.14. The molecule has 1 aromatic carbocycles. The van der Waals surface area contributed by atoms with Crippen molar-refractivity contribution in [1.29, 1.82) is 0 Å². The summed E-state index contributed by atoms with van der Waals surface area (Å²) < 4.78 is 12.7. The van der Waals surface area contributed by atoms with Gasteiger partial charge in [0.25, 0.3) is 0 Å². The number of methoxy groups -OCH3 is 2. The van der Waals surface area contributed by atoms with E-state index in [-0.39, 0.29) is 0 Å². The van der Waals surface area contributed by atoms with E-state index in [0.29, 0.717) is 11.5 Å². The van der Waals surface area contributed by atoms with Crippen molar-refractivity contribution >= 4 is 11.5 Å². The molecule has 160 valence electrons. The predicted octanol–water partition coefficient (Wildman–Crippen LogP) is 4.33. The molecular formula is C24H27N5O2. The van der Waals surface area contributed by atoms with Crippen LogP contribution in [-0.2, 0) is 12.8 Å². The lowest BCUT2D eigenvalue weighted by Crippen LogP contribution is -2.14. The van der Waals surface area contributed by atoms with Crippen LogP contribution in [0.4, 0.5) is 5.82 Å². The zero-order valence-corrected chi connectivity index (χ0v) is 18.3. The van der Waals surface area contributed by atoms with E-state index in [1.165, 1.54) is 0 Å². The Morgan fingerprint density at radius 3 is 2.58 bits per heavy atom. The molecule has 0 saturated heterocycles. The molecule has 0 spiro atoms. The summed E-state index contributed by atoms with van der Waals surface area (Å²) >= 11 is 0. The normalized spacial score (nSPS) is 11.0. The molecule has 3 aromatic heterocycles. The number of hydrogen-bond acceptors (Lipinski definition) is 6. The molecule has 4 aromatic rings. The third kappa shape index (κ3) is 4.17. The summed E-state index contributed by atoms with van der Waals surface area (Å²) in [7, 11) is 3.26. The first kappa shape index (κ1) is 20.7. The molecule has 0 amide bonds. The van der Waals surface area contributed by atoms with Gasteiger partial charge in [-0.05, 0) is 43.7 Å². The van der Waals surface area contributed by atoms with Crippen LogP contribution >= 0.6 is 0 Å². The summed E-state index contributed by atoms with van der Waals surface area (Å²) in [6, 6.07) is 13.8. The quantitative estimate of drug-likeness (QED) is 0.460. The molecule has 31 heavy (non-hydrogen) atoms. The highest BCUT2D eigenvalue weighted by Gasteiger charge is 2.16. The molecule has 0 fully saturated rings. The van der Waals surface area contributed by atoms with Crippen LogP contribution in [0.2, 0.25) is 0 Å². The van der Waals surface area contributed by atoms with Gasteiger partial charge in [0.05, 0.1) is 19.9 Å². The fourth-order valence-electron chi connectivity index (χ4n) is 3.75. The minimum absolute atomic E-state index is 0.671. The van der Waals surface area contributed by atoms with Gasteiger partial charge in [-0.2, -0.15) is 9.61 Å². The van der Waals surface area contributed by atoms with Crippen LogP contribution < -0.4 is 14.8 Å². The number of fused-ring (bicyclic) bond motifs is 1. The van der Waals surface area contributed by atoms with Crippen molar-refractivity contribution in [3.63, 3.8) is 0 Å². The maximum Gasteiger partial charge on any atom is 0.161 e. The molecule has 0 aliphatic rings. The number of pyridine rings is 1. The second-order valence-electron chi connectivity index (χ2n) is 7.25. The van der Waals surface area contributed by atoms with Gasteiger partial charge in [-0.1, -0.05) is 13.0 Å². The zero-order chi connectivity index (χ0) is 21.8. The van der Waals surface area contributed by atoms with Crippen molar-refractivity contribution in [2.24, 2.45) is 0 Å². The van der Waals surface area contributed by atoms with Gasteiger partial charge in [-0.25, -0.2) is 4.98 Å². The Balaban J connectivity index is 1.70. The Labute approximate surface area is 182 Å². The molecule has 0 unspecified atom stereocenters. The van der Waals surface area contributed by atoms with E-state index in [1.54, 1.807) is 14.2 Å². The van der Waals surface area contributed by atoms with Crippen molar-refractivity contribution in [2.45, 2.75) is 26.7 Å². The maximum atomic E-state index is 5.45. The highest BCUT2D eigenvalue weighted by molar-refractivity contribution is 5.69. The third-order valence-corrected chi connectivity index (χ3v) is 5.34. The summed E-state index contributed by atoms with van der Waals surface area (Å²) in [6.07, 6.45) is 3.52. The van der Waals surface area contributed by atoms with Crippen LogP contribution in [0.1, 0.15) is 23.9 Å². The number of aryl methyl sites for hydroxylation is 1. The molecule has 0 radical (unpaired) electrons. The Bertz CT molecular complexity index is 1190. The first-order valence-corrected chi connectivity index (χ1v) is 10.4. The Morgan fingerprint density at radius 2 is 1.87 bits per heavy atom. The SMILES string of the molecule is CCc1c(C)nc2cc(-c3ccc(OC)c(OC)c3)nn2c1NCCc1ccccn1. The van der Waals surface area contributed by atoms with Gasteiger partial charge < -0.3 is 14.8 Å². The Hall–Kier alpha value is -3.61. The summed E-state index contributed by atoms with van der Waals surface area (Å²) in [5.74, 6) is 2.34. The monoisotopic (exact) mass is 417 g/mol. The third-order valence-electron chi connectivity index (χ3n) is 5.34. The van der Waals surface area contributed by atoms with Gasteiger partial charge in [-0.15, -0.1) is 0 Å². The first-order chi connectivity index (χ1) is 15.1. The molecule has 1 N–H and O–H groups in total. The highest BCUT2D eigenvalue weighted by Crippen LogP contribution is 2.33. The molecule has 0 aliphatic heterocycles. The van der Waals surface area contributed by atoms with Gasteiger partial charge in [0.1, 0.15) is 5.82 Å². The summed E-state index contributed by atoms with van der Waals surface area (Å²) in [5, 5.41) is 8.45. The van der Waals surface area contributed by atoms with E-state index < -0.39 is 0 Å². The lowest BCUT2D eigenvalue weighted by atomic mass is 10.1. The van der Waals surface area contributed by atoms with Crippen LogP contribution in [-0.4, -0.2) is 40.3 Å². The largest absolute Gasteiger partial charge is 0.493 e. The van der Waals surface area contributed by atoms with E-state index in [1.807, 2.05) is 60.1 Å². The molecule has 4 rings (SSSR count). The minimum atomic E-state index is 0.671. The molecule has 0 bridgehead atoms. The molecular weight excluding hydrogens is 390 g/mol. The second kappa shape index (κ2) is 9.04. The van der Waals surface area contributed by atoms with Crippen molar-refractivity contribution in [1.82, 2.24) is 19.6 Å². The first-order valence-electron chi connectivity index (χ1n) is 10.4. The maximum absolute atomic E-state index is 5.45.